The van der Waals surface area contributed by atoms with Gasteiger partial charge < -0.3 is 4.74 Å². The van der Waals surface area contributed by atoms with Crippen LogP contribution in [0.15, 0.2) is 10.3 Å². The molecule has 17 heavy (non-hydrogen) atoms. The maximum absolute atomic E-state index is 12.1. The van der Waals surface area contributed by atoms with Crippen LogP contribution in [0.4, 0.5) is 0 Å². The molecule has 1 aromatic heterocycles. The number of nitrogens with one attached hydrogen (secondary N) is 1. The van der Waals surface area contributed by atoms with Crippen LogP contribution in [-0.4, -0.2) is 28.2 Å². The lowest BCUT2D eigenvalue weighted by atomic mass is 10.3. The molecule has 7 heteroatoms. The van der Waals surface area contributed by atoms with E-state index >= 15 is 0 Å². The molecule has 1 aromatic rings. The zero-order chi connectivity index (χ0) is 13.1. The summed E-state index contributed by atoms with van der Waals surface area (Å²) in [6.07, 6.45) is -0.164. The van der Waals surface area contributed by atoms with Crippen molar-refractivity contribution in [1.82, 2.24) is 4.72 Å². The first-order valence-corrected chi connectivity index (χ1v) is 7.97. The SMILES string of the molecule is COC(C)CNS(=O)(=O)c1c(C)csc1CCl. The van der Waals surface area contributed by atoms with Crippen molar-refractivity contribution in [2.75, 3.05) is 13.7 Å². The largest absolute Gasteiger partial charge is 0.380 e. The number of methoxy groups -OCH3 is 1. The van der Waals surface area contributed by atoms with E-state index in [1.165, 1.54) is 11.3 Å². The molecule has 1 N–H and O–H groups in total. The summed E-state index contributed by atoms with van der Waals surface area (Å²) in [6.45, 7) is 3.81. The van der Waals surface area contributed by atoms with Crippen LogP contribution in [0.25, 0.3) is 0 Å². The average Bonchev–Trinajstić information content (AvgIpc) is 2.68. The quantitative estimate of drug-likeness (QED) is 0.818. The number of hydrogen-bond acceptors (Lipinski definition) is 4. The van der Waals surface area contributed by atoms with Crippen molar-refractivity contribution in [2.45, 2.75) is 30.7 Å². The van der Waals surface area contributed by atoms with Crippen LogP contribution in [0.5, 0.6) is 0 Å². The van der Waals surface area contributed by atoms with Gasteiger partial charge in [-0.15, -0.1) is 22.9 Å². The topological polar surface area (TPSA) is 55.4 Å². The summed E-state index contributed by atoms with van der Waals surface area (Å²) in [5.74, 6) is 0.203. The molecule has 0 radical (unpaired) electrons. The number of aryl methyl sites for hydroxylation is 1. The van der Waals surface area contributed by atoms with E-state index in [-0.39, 0.29) is 18.5 Å². The van der Waals surface area contributed by atoms with E-state index in [9.17, 15) is 8.42 Å². The van der Waals surface area contributed by atoms with Crippen LogP contribution in [0, 0.1) is 6.92 Å². The van der Waals surface area contributed by atoms with E-state index in [2.05, 4.69) is 4.72 Å². The fourth-order valence-corrected chi connectivity index (χ4v) is 4.49. The van der Waals surface area contributed by atoms with E-state index < -0.39 is 10.0 Å². The van der Waals surface area contributed by atoms with E-state index in [0.29, 0.717) is 9.77 Å². The molecule has 1 atom stereocenters. The Labute approximate surface area is 111 Å². The molecule has 0 saturated heterocycles. The van der Waals surface area contributed by atoms with Gasteiger partial charge in [-0.05, 0) is 24.8 Å². The van der Waals surface area contributed by atoms with E-state index in [1.807, 2.05) is 0 Å². The highest BCUT2D eigenvalue weighted by Gasteiger charge is 2.22. The van der Waals surface area contributed by atoms with Crippen molar-refractivity contribution in [3.63, 3.8) is 0 Å². The molecule has 98 valence electrons. The van der Waals surface area contributed by atoms with E-state index in [4.69, 9.17) is 16.3 Å². The van der Waals surface area contributed by atoms with Crippen molar-refractivity contribution in [3.8, 4) is 0 Å². The molecule has 0 bridgehead atoms. The maximum atomic E-state index is 12.1. The molecule has 4 nitrogen and oxygen atoms in total. The Balaban J connectivity index is 2.93. The van der Waals surface area contributed by atoms with Gasteiger partial charge in [0.1, 0.15) is 0 Å². The van der Waals surface area contributed by atoms with Gasteiger partial charge in [0.25, 0.3) is 0 Å². The van der Waals surface area contributed by atoms with Crippen LogP contribution in [-0.2, 0) is 20.6 Å². The third-order valence-corrected chi connectivity index (χ3v) is 5.65. The predicted molar refractivity (Wildman–Crippen MR) is 70.3 cm³/mol. The standard InChI is InChI=1S/C10H16ClNO3S2/c1-7-6-16-9(4-11)10(7)17(13,14)12-5-8(2)15-3/h6,8,12H,4-5H2,1-3H3. The molecule has 0 spiro atoms. The van der Waals surface area contributed by atoms with Gasteiger partial charge in [0.05, 0.1) is 16.9 Å². The average molecular weight is 298 g/mol. The number of ether oxygens (including phenoxy) is 1. The van der Waals surface area contributed by atoms with Crippen LogP contribution in [0.3, 0.4) is 0 Å². The van der Waals surface area contributed by atoms with Gasteiger partial charge in [0.15, 0.2) is 0 Å². The summed E-state index contributed by atoms with van der Waals surface area (Å²) >= 11 is 7.10. The van der Waals surface area contributed by atoms with Crippen molar-refractivity contribution in [3.05, 3.63) is 15.8 Å². The molecule has 1 rings (SSSR count). The Morgan fingerprint density at radius 2 is 2.24 bits per heavy atom. The van der Waals surface area contributed by atoms with Gasteiger partial charge in [-0.1, -0.05) is 0 Å². The zero-order valence-electron chi connectivity index (χ0n) is 9.99. The second-order valence-electron chi connectivity index (χ2n) is 3.70. The van der Waals surface area contributed by atoms with Gasteiger partial charge >= 0.3 is 0 Å². The highest BCUT2D eigenvalue weighted by molar-refractivity contribution is 7.89. The summed E-state index contributed by atoms with van der Waals surface area (Å²) in [6, 6.07) is 0. The van der Waals surface area contributed by atoms with Crippen molar-refractivity contribution >= 4 is 33.0 Å². The fraction of sp³-hybridized carbons (Fsp3) is 0.600. The second-order valence-corrected chi connectivity index (χ2v) is 6.64. The molecule has 0 aliphatic carbocycles. The fourth-order valence-electron chi connectivity index (χ4n) is 1.32. The van der Waals surface area contributed by atoms with Gasteiger partial charge in [0.2, 0.25) is 10.0 Å². The summed E-state index contributed by atoms with van der Waals surface area (Å²) in [7, 11) is -1.96. The number of halogens is 1. The molecule has 1 unspecified atom stereocenters. The summed E-state index contributed by atoms with van der Waals surface area (Å²) < 4.78 is 31.7. The summed E-state index contributed by atoms with van der Waals surface area (Å²) in [5.41, 5.74) is 0.725. The molecule has 1 heterocycles. The Morgan fingerprint density at radius 1 is 1.59 bits per heavy atom. The minimum absolute atomic E-state index is 0.164. The molecular weight excluding hydrogens is 282 g/mol. The van der Waals surface area contributed by atoms with Crippen LogP contribution < -0.4 is 4.72 Å². The minimum atomic E-state index is -3.50. The maximum Gasteiger partial charge on any atom is 0.242 e. The van der Waals surface area contributed by atoms with Crippen molar-refractivity contribution in [1.29, 1.82) is 0 Å². The number of alkyl halides is 1. The van der Waals surface area contributed by atoms with E-state index in [1.54, 1.807) is 26.3 Å². The first-order valence-electron chi connectivity index (χ1n) is 5.07. The Kier molecular flexibility index (Phi) is 5.40. The third-order valence-electron chi connectivity index (χ3n) is 2.34. The Bertz CT molecular complexity index is 470. The first kappa shape index (κ1) is 14.9. The number of hydrogen-bond donors (Lipinski definition) is 1. The Hall–Kier alpha value is -0.140. The van der Waals surface area contributed by atoms with Crippen molar-refractivity contribution < 1.29 is 13.2 Å². The molecule has 0 aliphatic rings. The molecule has 0 amide bonds. The highest BCUT2D eigenvalue weighted by atomic mass is 35.5. The van der Waals surface area contributed by atoms with Gasteiger partial charge in [0, 0.05) is 18.5 Å². The van der Waals surface area contributed by atoms with Crippen LogP contribution >= 0.6 is 22.9 Å². The highest BCUT2D eigenvalue weighted by Crippen LogP contribution is 2.27. The zero-order valence-corrected chi connectivity index (χ0v) is 12.4. The monoisotopic (exact) mass is 297 g/mol. The number of sulfonamides is 1. The summed E-state index contributed by atoms with van der Waals surface area (Å²) in [5, 5.41) is 1.80. The Morgan fingerprint density at radius 3 is 2.76 bits per heavy atom. The molecule has 0 saturated carbocycles. The van der Waals surface area contributed by atoms with Crippen LogP contribution in [0.1, 0.15) is 17.4 Å². The molecule has 0 aromatic carbocycles. The van der Waals surface area contributed by atoms with Gasteiger partial charge in [-0.3, -0.25) is 0 Å². The molecule has 0 aliphatic heterocycles. The van der Waals surface area contributed by atoms with Gasteiger partial charge in [-0.25, -0.2) is 13.1 Å². The van der Waals surface area contributed by atoms with Crippen LogP contribution in [0.2, 0.25) is 0 Å². The number of thiophene rings is 1. The summed E-state index contributed by atoms with van der Waals surface area (Å²) in [4.78, 5) is 0.975. The predicted octanol–water partition coefficient (Wildman–Crippen LogP) is 2.11. The second kappa shape index (κ2) is 6.15. The first-order chi connectivity index (χ1) is 7.92. The van der Waals surface area contributed by atoms with E-state index in [0.717, 1.165) is 5.56 Å². The molecule has 0 fully saturated rings. The molecular formula is C10H16ClNO3S2. The number of rotatable bonds is 6. The lowest BCUT2D eigenvalue weighted by Crippen LogP contribution is -2.32. The van der Waals surface area contributed by atoms with Gasteiger partial charge in [-0.2, -0.15) is 0 Å². The third kappa shape index (κ3) is 3.66. The lowest BCUT2D eigenvalue weighted by molar-refractivity contribution is 0.122. The normalized spacial score (nSPS) is 13.9. The minimum Gasteiger partial charge on any atom is -0.380 e. The smallest absolute Gasteiger partial charge is 0.242 e. The van der Waals surface area contributed by atoms with Crippen molar-refractivity contribution in [2.24, 2.45) is 0 Å². The lowest BCUT2D eigenvalue weighted by Gasteiger charge is -2.12.